The van der Waals surface area contributed by atoms with Gasteiger partial charge in [-0.1, -0.05) is 35.9 Å². The van der Waals surface area contributed by atoms with Crippen LogP contribution in [0, 0.1) is 0 Å². The van der Waals surface area contributed by atoms with Gasteiger partial charge < -0.3 is 20.5 Å². The summed E-state index contributed by atoms with van der Waals surface area (Å²) < 4.78 is 6.70. The van der Waals surface area contributed by atoms with Crippen LogP contribution in [-0.2, 0) is 4.79 Å². The molecule has 0 saturated heterocycles. The molecule has 1 aliphatic heterocycles. The molecule has 3 N–H and O–H groups in total. The van der Waals surface area contributed by atoms with Crippen molar-refractivity contribution in [1.29, 1.82) is 0 Å². The fraction of sp³-hybridized carbons (Fsp3) is 0.0952. The summed E-state index contributed by atoms with van der Waals surface area (Å²) in [6.07, 6.45) is 2.90. The molecule has 0 saturated carbocycles. The molecule has 8 nitrogen and oxygen atoms in total. The van der Waals surface area contributed by atoms with Gasteiger partial charge in [-0.05, 0) is 29.8 Å². The van der Waals surface area contributed by atoms with Crippen molar-refractivity contribution in [2.45, 2.75) is 6.04 Å². The van der Waals surface area contributed by atoms with Crippen molar-refractivity contribution in [1.82, 2.24) is 9.78 Å². The van der Waals surface area contributed by atoms with Crippen molar-refractivity contribution in [2.75, 3.05) is 17.7 Å². The normalized spacial score (nSPS) is 14.9. The number of rotatable bonds is 5. The lowest BCUT2D eigenvalue weighted by Crippen LogP contribution is -2.25. The van der Waals surface area contributed by atoms with Gasteiger partial charge in [-0.25, -0.2) is 9.48 Å². The highest BCUT2D eigenvalue weighted by atomic mass is 35.5. The molecule has 9 heteroatoms. The topological polar surface area (TPSA) is 105 Å². The molecule has 2 heterocycles. The van der Waals surface area contributed by atoms with Crippen molar-refractivity contribution < 1.29 is 19.4 Å². The highest BCUT2D eigenvalue weighted by Gasteiger charge is 2.30. The van der Waals surface area contributed by atoms with Crippen LogP contribution >= 0.6 is 11.6 Å². The molecule has 30 heavy (non-hydrogen) atoms. The number of carboxylic acid groups (broad SMARTS) is 1. The number of methoxy groups -OCH3 is 1. The summed E-state index contributed by atoms with van der Waals surface area (Å²) >= 11 is 6.33. The zero-order valence-corrected chi connectivity index (χ0v) is 16.6. The van der Waals surface area contributed by atoms with E-state index in [1.54, 1.807) is 48.5 Å². The minimum Gasteiger partial charge on any atom is -0.497 e. The van der Waals surface area contributed by atoms with Crippen LogP contribution in [0.25, 0.3) is 0 Å². The molecule has 4 rings (SSSR count). The molecule has 0 radical (unpaired) electrons. The largest absolute Gasteiger partial charge is 0.497 e. The third kappa shape index (κ3) is 3.60. The first kappa shape index (κ1) is 19.5. The van der Waals surface area contributed by atoms with Gasteiger partial charge in [-0.3, -0.25) is 4.79 Å². The Labute approximate surface area is 176 Å². The Bertz CT molecular complexity index is 1170. The Kier molecular flexibility index (Phi) is 5.16. The van der Waals surface area contributed by atoms with Crippen molar-refractivity contribution in [2.24, 2.45) is 0 Å². The van der Waals surface area contributed by atoms with E-state index in [0.717, 1.165) is 0 Å². The van der Waals surface area contributed by atoms with E-state index in [-0.39, 0.29) is 17.1 Å². The van der Waals surface area contributed by atoms with Gasteiger partial charge in [0, 0.05) is 16.8 Å². The number of carboxylic acids is 1. The maximum Gasteiger partial charge on any atom is 0.352 e. The molecule has 152 valence electrons. The van der Waals surface area contributed by atoms with E-state index in [1.807, 2.05) is 0 Å². The van der Waals surface area contributed by atoms with Crippen molar-refractivity contribution >= 4 is 35.0 Å². The number of hydrogen-bond acceptors (Lipinski definition) is 5. The number of aromatic nitrogens is 2. The van der Waals surface area contributed by atoms with Gasteiger partial charge in [0.25, 0.3) is 5.91 Å². The number of carbonyl (C=O) groups excluding carboxylic acids is 1. The lowest BCUT2D eigenvalue weighted by molar-refractivity contribution is -0.132. The van der Waals surface area contributed by atoms with E-state index in [1.165, 1.54) is 24.1 Å². The number of amides is 1. The first-order valence-electron chi connectivity index (χ1n) is 8.97. The lowest BCUT2D eigenvalue weighted by Gasteiger charge is -2.25. The summed E-state index contributed by atoms with van der Waals surface area (Å²) in [6.45, 7) is 0. The maximum absolute atomic E-state index is 12.9. The molecule has 0 bridgehead atoms. The van der Waals surface area contributed by atoms with Crippen molar-refractivity contribution in [3.05, 3.63) is 82.7 Å². The van der Waals surface area contributed by atoms with Crippen LogP contribution in [0.5, 0.6) is 5.75 Å². The van der Waals surface area contributed by atoms with Gasteiger partial charge in [0.15, 0.2) is 0 Å². The minimum atomic E-state index is -1.15. The predicted molar refractivity (Wildman–Crippen MR) is 112 cm³/mol. The third-order valence-electron chi connectivity index (χ3n) is 4.66. The SMILES string of the molecule is COc1cccc(NC(=O)c2cnn3c2NC(C(=O)O)=C[C@H]3c2ccccc2Cl)c1. The monoisotopic (exact) mass is 424 g/mol. The van der Waals surface area contributed by atoms with Crippen LogP contribution in [0.15, 0.2) is 66.5 Å². The molecule has 1 amide bonds. The first-order chi connectivity index (χ1) is 14.5. The van der Waals surface area contributed by atoms with Gasteiger partial charge >= 0.3 is 5.97 Å². The Morgan fingerprint density at radius 3 is 2.77 bits per heavy atom. The van der Waals surface area contributed by atoms with Crippen LogP contribution in [0.3, 0.4) is 0 Å². The number of hydrogen-bond donors (Lipinski definition) is 3. The van der Waals surface area contributed by atoms with Gasteiger partial charge in [-0.15, -0.1) is 0 Å². The molecular weight excluding hydrogens is 408 g/mol. The fourth-order valence-corrected chi connectivity index (χ4v) is 3.47. The highest BCUT2D eigenvalue weighted by Crippen LogP contribution is 2.35. The summed E-state index contributed by atoms with van der Waals surface area (Å²) in [5.41, 5.74) is 1.33. The zero-order chi connectivity index (χ0) is 21.3. The molecule has 2 aromatic carbocycles. The predicted octanol–water partition coefficient (Wildman–Crippen LogP) is 3.78. The summed E-state index contributed by atoms with van der Waals surface area (Å²) in [7, 11) is 1.54. The Balaban J connectivity index is 1.72. The molecular formula is C21H17ClN4O4. The average molecular weight is 425 g/mol. The van der Waals surface area contributed by atoms with Crippen LogP contribution in [0.2, 0.25) is 5.02 Å². The van der Waals surface area contributed by atoms with Crippen molar-refractivity contribution in [3.8, 4) is 5.75 Å². The van der Waals surface area contributed by atoms with Crippen LogP contribution in [0.4, 0.5) is 11.5 Å². The van der Waals surface area contributed by atoms with Gasteiger partial charge in [0.2, 0.25) is 0 Å². The second-order valence-electron chi connectivity index (χ2n) is 6.51. The second kappa shape index (κ2) is 7.92. The standard InChI is InChI=1S/C21H17ClN4O4/c1-30-13-6-4-5-12(9-13)24-20(27)15-11-23-26-18(14-7-2-3-8-16(14)22)10-17(21(28)29)25-19(15)26/h2-11,18,25H,1H3,(H,24,27)(H,28,29)/t18-/m0/s1. The maximum atomic E-state index is 12.9. The van der Waals surface area contributed by atoms with Crippen LogP contribution in [-0.4, -0.2) is 33.9 Å². The molecule has 0 unspecified atom stereocenters. The Morgan fingerprint density at radius 1 is 1.23 bits per heavy atom. The number of aliphatic carboxylic acids is 1. The van der Waals surface area contributed by atoms with Gasteiger partial charge in [-0.2, -0.15) is 5.10 Å². The van der Waals surface area contributed by atoms with E-state index < -0.39 is 17.9 Å². The Hall–Kier alpha value is -3.78. The number of benzene rings is 2. The third-order valence-corrected chi connectivity index (χ3v) is 5.01. The number of halogens is 1. The quantitative estimate of drug-likeness (QED) is 0.575. The van der Waals surface area contributed by atoms with E-state index in [0.29, 0.717) is 22.0 Å². The van der Waals surface area contributed by atoms with E-state index in [9.17, 15) is 14.7 Å². The molecule has 3 aromatic rings. The molecule has 0 aliphatic carbocycles. The first-order valence-corrected chi connectivity index (χ1v) is 9.35. The van der Waals surface area contributed by atoms with Gasteiger partial charge in [0.1, 0.15) is 28.9 Å². The molecule has 1 aromatic heterocycles. The number of allylic oxidation sites excluding steroid dienone is 1. The van der Waals surface area contributed by atoms with E-state index >= 15 is 0 Å². The number of nitrogens with one attached hydrogen (secondary N) is 2. The summed E-state index contributed by atoms with van der Waals surface area (Å²) in [5.74, 6) is -0.738. The van der Waals surface area contributed by atoms with Crippen LogP contribution in [0.1, 0.15) is 22.0 Å². The smallest absolute Gasteiger partial charge is 0.352 e. The van der Waals surface area contributed by atoms with Crippen LogP contribution < -0.4 is 15.4 Å². The summed E-state index contributed by atoms with van der Waals surface area (Å²) in [6, 6.07) is 13.4. The summed E-state index contributed by atoms with van der Waals surface area (Å²) in [5, 5.41) is 19.9. The van der Waals surface area contributed by atoms with E-state index in [4.69, 9.17) is 16.3 Å². The lowest BCUT2D eigenvalue weighted by atomic mass is 10.0. The number of carbonyl (C=O) groups is 2. The molecule has 1 aliphatic rings. The minimum absolute atomic E-state index is 0.0663. The fourth-order valence-electron chi connectivity index (χ4n) is 3.22. The van der Waals surface area contributed by atoms with Crippen molar-refractivity contribution in [3.63, 3.8) is 0 Å². The highest BCUT2D eigenvalue weighted by molar-refractivity contribution is 6.31. The number of anilines is 2. The van der Waals surface area contributed by atoms with E-state index in [2.05, 4.69) is 15.7 Å². The number of nitrogens with zero attached hydrogens (tertiary/aromatic N) is 2. The Morgan fingerprint density at radius 2 is 2.03 bits per heavy atom. The molecule has 1 atom stereocenters. The molecule has 0 spiro atoms. The second-order valence-corrected chi connectivity index (χ2v) is 6.92. The zero-order valence-electron chi connectivity index (χ0n) is 15.8. The molecule has 0 fully saturated rings. The number of fused-ring (bicyclic) bond motifs is 1. The van der Waals surface area contributed by atoms with Gasteiger partial charge in [0.05, 0.1) is 13.3 Å². The number of ether oxygens (including phenoxy) is 1. The summed E-state index contributed by atoms with van der Waals surface area (Å²) in [4.78, 5) is 24.6. The average Bonchev–Trinajstić information content (AvgIpc) is 3.18.